The van der Waals surface area contributed by atoms with Crippen LogP contribution in [0.5, 0.6) is 0 Å². The summed E-state index contributed by atoms with van der Waals surface area (Å²) in [4.78, 5) is 46.6. The molecule has 0 atom stereocenters. The Morgan fingerprint density at radius 1 is 1.04 bits per heavy atom. The second-order valence-corrected chi connectivity index (χ2v) is 5.75. The highest BCUT2D eigenvalue weighted by molar-refractivity contribution is 5.95. The minimum Gasteiger partial charge on any atom is -0.456 e. The first-order chi connectivity index (χ1) is 13.4. The number of aromatic nitrogens is 1. The molecule has 2 aromatic rings. The van der Waals surface area contributed by atoms with Crippen LogP contribution < -0.4 is 16.2 Å². The molecule has 0 radical (unpaired) electrons. The maximum absolute atomic E-state index is 11.8. The van der Waals surface area contributed by atoms with E-state index in [1.54, 1.807) is 37.3 Å². The monoisotopic (exact) mass is 388 g/mol. The Bertz CT molecular complexity index is 834. The molecule has 148 valence electrons. The summed E-state index contributed by atoms with van der Waals surface area (Å²) in [6.07, 6.45) is 0.168. The molecule has 2 rings (SSSR count). The number of carbonyl (C=O) groups is 4. The molecule has 1 aromatic carbocycles. The number of anilines is 1. The lowest BCUT2D eigenvalue weighted by atomic mass is 10.2. The van der Waals surface area contributed by atoms with Gasteiger partial charge in [0, 0.05) is 24.5 Å². The van der Waals surface area contributed by atoms with E-state index >= 15 is 0 Å². The van der Waals surface area contributed by atoms with Crippen LogP contribution in [0.25, 0.3) is 0 Å². The van der Waals surface area contributed by atoms with Crippen LogP contribution in [0.1, 0.15) is 35.4 Å². The van der Waals surface area contributed by atoms with Gasteiger partial charge in [-0.15, -0.1) is 0 Å². The molecule has 0 aliphatic rings. The Balaban J connectivity index is 1.56. The summed E-state index contributed by atoms with van der Waals surface area (Å²) in [7, 11) is 0. The highest BCUT2D eigenvalue weighted by atomic mass is 16.5. The van der Waals surface area contributed by atoms with Gasteiger partial charge in [0.25, 0.3) is 11.8 Å². The van der Waals surface area contributed by atoms with E-state index in [0.717, 1.165) is 0 Å². The molecule has 0 spiro atoms. The van der Waals surface area contributed by atoms with Gasteiger partial charge in [-0.1, -0.05) is 23.4 Å². The van der Waals surface area contributed by atoms with Gasteiger partial charge in [-0.2, -0.15) is 0 Å². The molecule has 3 N–H and O–H groups in total. The summed E-state index contributed by atoms with van der Waals surface area (Å²) in [6, 6.07) is 9.92. The van der Waals surface area contributed by atoms with Crippen LogP contribution in [-0.2, 0) is 19.1 Å². The summed E-state index contributed by atoms with van der Waals surface area (Å²) >= 11 is 0. The van der Waals surface area contributed by atoms with Crippen LogP contribution in [-0.4, -0.2) is 35.5 Å². The minimum atomic E-state index is -0.618. The second kappa shape index (κ2) is 10.5. The lowest BCUT2D eigenvalue weighted by Crippen LogP contribution is -2.41. The first-order valence-electron chi connectivity index (χ1n) is 8.47. The fourth-order valence-corrected chi connectivity index (χ4v) is 2.07. The van der Waals surface area contributed by atoms with Gasteiger partial charge in [0.05, 0.1) is 0 Å². The minimum absolute atomic E-state index is 0.00851. The van der Waals surface area contributed by atoms with Crippen LogP contribution in [0.4, 0.5) is 5.82 Å². The molecule has 3 amide bonds. The number of hydrogen-bond acceptors (Lipinski definition) is 7. The number of rotatable bonds is 8. The number of nitrogens with zero attached hydrogens (tertiary/aromatic N) is 1. The molecule has 10 heteroatoms. The van der Waals surface area contributed by atoms with E-state index in [1.165, 1.54) is 6.07 Å². The van der Waals surface area contributed by atoms with Crippen LogP contribution in [0, 0.1) is 6.92 Å². The third-order valence-corrected chi connectivity index (χ3v) is 3.40. The molecule has 10 nitrogen and oxygen atoms in total. The SMILES string of the molecule is Cc1cc(NC(=O)COC(=O)CCCC(=O)NNC(=O)c2ccccc2)no1. The van der Waals surface area contributed by atoms with E-state index in [4.69, 9.17) is 9.26 Å². The first kappa shape index (κ1) is 20.6. The van der Waals surface area contributed by atoms with Crippen LogP contribution in [0.15, 0.2) is 40.9 Å². The van der Waals surface area contributed by atoms with Crippen molar-refractivity contribution in [3.8, 4) is 0 Å². The van der Waals surface area contributed by atoms with E-state index in [0.29, 0.717) is 11.3 Å². The standard InChI is InChI=1S/C18H20N4O6/c1-12-10-14(22-28-12)19-16(24)11-27-17(25)9-5-8-15(23)20-21-18(26)13-6-3-2-4-7-13/h2-4,6-7,10H,5,8-9,11H2,1H3,(H,20,23)(H,21,26)(H,19,22,24). The zero-order chi connectivity index (χ0) is 20.4. The first-order valence-corrected chi connectivity index (χ1v) is 8.47. The van der Waals surface area contributed by atoms with Crippen molar-refractivity contribution in [3.63, 3.8) is 0 Å². The number of hydrazine groups is 1. The van der Waals surface area contributed by atoms with Gasteiger partial charge in [-0.3, -0.25) is 30.0 Å². The summed E-state index contributed by atoms with van der Waals surface area (Å²) in [5, 5.41) is 5.99. The molecule has 0 aliphatic heterocycles. The van der Waals surface area contributed by atoms with Gasteiger partial charge in [0.1, 0.15) is 5.76 Å². The van der Waals surface area contributed by atoms with Gasteiger partial charge in [-0.25, -0.2) is 0 Å². The lowest BCUT2D eigenvalue weighted by molar-refractivity contribution is -0.147. The molecule has 0 saturated carbocycles. The Labute approximate surface area is 160 Å². The highest BCUT2D eigenvalue weighted by Crippen LogP contribution is 2.06. The summed E-state index contributed by atoms with van der Waals surface area (Å²) < 4.78 is 9.60. The number of hydrogen-bond donors (Lipinski definition) is 3. The van der Waals surface area contributed by atoms with Gasteiger partial charge in [0.2, 0.25) is 5.91 Å². The maximum atomic E-state index is 11.8. The Morgan fingerprint density at radius 2 is 1.79 bits per heavy atom. The number of amides is 3. The van der Waals surface area contributed by atoms with E-state index < -0.39 is 30.3 Å². The van der Waals surface area contributed by atoms with Crippen molar-refractivity contribution in [3.05, 3.63) is 47.7 Å². The topological polar surface area (TPSA) is 140 Å². The Morgan fingerprint density at radius 3 is 2.46 bits per heavy atom. The summed E-state index contributed by atoms with van der Waals surface area (Å²) in [5.41, 5.74) is 4.95. The third kappa shape index (κ3) is 7.28. The van der Waals surface area contributed by atoms with Crippen molar-refractivity contribution in [1.29, 1.82) is 0 Å². The quantitative estimate of drug-likeness (QED) is 0.454. The van der Waals surface area contributed by atoms with E-state index in [2.05, 4.69) is 21.3 Å². The highest BCUT2D eigenvalue weighted by Gasteiger charge is 2.11. The van der Waals surface area contributed by atoms with Crippen molar-refractivity contribution >= 4 is 29.5 Å². The Kier molecular flexibility index (Phi) is 7.70. The zero-order valence-corrected chi connectivity index (χ0v) is 15.2. The fraction of sp³-hybridized carbons (Fsp3) is 0.278. The smallest absolute Gasteiger partial charge is 0.306 e. The Hall–Kier alpha value is -3.69. The predicted molar refractivity (Wildman–Crippen MR) is 96.7 cm³/mol. The molecule has 1 heterocycles. The largest absolute Gasteiger partial charge is 0.456 e. The molecule has 0 unspecified atom stereocenters. The van der Waals surface area contributed by atoms with Gasteiger partial charge in [-0.05, 0) is 25.5 Å². The van der Waals surface area contributed by atoms with E-state index in [1.807, 2.05) is 0 Å². The zero-order valence-electron chi connectivity index (χ0n) is 15.2. The predicted octanol–water partition coefficient (Wildman–Crippen LogP) is 1.10. The van der Waals surface area contributed by atoms with Crippen molar-refractivity contribution in [1.82, 2.24) is 16.0 Å². The van der Waals surface area contributed by atoms with Crippen LogP contribution in [0.3, 0.4) is 0 Å². The molecule has 28 heavy (non-hydrogen) atoms. The fourth-order valence-electron chi connectivity index (χ4n) is 2.07. The molecule has 0 saturated heterocycles. The molecule has 1 aromatic heterocycles. The van der Waals surface area contributed by atoms with Crippen molar-refractivity contribution in [2.75, 3.05) is 11.9 Å². The number of esters is 1. The van der Waals surface area contributed by atoms with Gasteiger partial charge >= 0.3 is 5.97 Å². The van der Waals surface area contributed by atoms with Gasteiger partial charge < -0.3 is 14.6 Å². The number of benzene rings is 1. The molecule has 0 fully saturated rings. The summed E-state index contributed by atoms with van der Waals surface area (Å²) in [6.45, 7) is 1.20. The molecular weight excluding hydrogens is 368 g/mol. The van der Waals surface area contributed by atoms with Crippen LogP contribution >= 0.6 is 0 Å². The number of ether oxygens (including phenoxy) is 1. The molecular formula is C18H20N4O6. The van der Waals surface area contributed by atoms with Crippen molar-refractivity contribution in [2.45, 2.75) is 26.2 Å². The van der Waals surface area contributed by atoms with Crippen LogP contribution in [0.2, 0.25) is 0 Å². The maximum Gasteiger partial charge on any atom is 0.306 e. The molecule has 0 aliphatic carbocycles. The number of carbonyl (C=O) groups excluding carboxylic acids is 4. The van der Waals surface area contributed by atoms with Gasteiger partial charge in [0.15, 0.2) is 12.4 Å². The average Bonchev–Trinajstić information content (AvgIpc) is 3.09. The average molecular weight is 388 g/mol. The number of nitrogens with one attached hydrogen (secondary N) is 3. The summed E-state index contributed by atoms with van der Waals surface area (Å²) in [5.74, 6) is -1.30. The lowest BCUT2D eigenvalue weighted by Gasteiger charge is -2.07. The van der Waals surface area contributed by atoms with Crippen molar-refractivity contribution in [2.24, 2.45) is 0 Å². The molecule has 0 bridgehead atoms. The second-order valence-electron chi connectivity index (χ2n) is 5.75. The van der Waals surface area contributed by atoms with E-state index in [9.17, 15) is 19.2 Å². The third-order valence-electron chi connectivity index (χ3n) is 3.40. The number of aryl methyl sites for hydroxylation is 1. The van der Waals surface area contributed by atoms with Crippen molar-refractivity contribution < 1.29 is 28.4 Å². The normalized spacial score (nSPS) is 10.0. The van der Waals surface area contributed by atoms with E-state index in [-0.39, 0.29) is 25.1 Å².